The minimum Gasteiger partial charge on any atom is -0.452 e. The van der Waals surface area contributed by atoms with Crippen molar-refractivity contribution < 1.29 is 22.7 Å². The van der Waals surface area contributed by atoms with Gasteiger partial charge in [0.2, 0.25) is 5.43 Å². The molecule has 3 aromatic carbocycles. The van der Waals surface area contributed by atoms with Gasteiger partial charge in [-0.15, -0.1) is 0 Å². The van der Waals surface area contributed by atoms with E-state index in [1.54, 1.807) is 36.4 Å². The molecule has 1 aromatic heterocycles. The van der Waals surface area contributed by atoms with Crippen molar-refractivity contribution in [3.05, 3.63) is 88.6 Å². The molecule has 0 saturated carbocycles. The van der Waals surface area contributed by atoms with Crippen molar-refractivity contribution in [2.24, 2.45) is 0 Å². The average molecular weight is 415 g/mol. The topological polar surface area (TPSA) is 43.4 Å². The Morgan fingerprint density at radius 3 is 2.03 bits per heavy atom. The van der Waals surface area contributed by atoms with E-state index in [1.165, 1.54) is 12.1 Å². The zero-order chi connectivity index (χ0) is 20.6. The fraction of sp³-hybridized carbons (Fsp3) is 0.0909. The normalized spacial score (nSPS) is 11.7. The van der Waals surface area contributed by atoms with Crippen LogP contribution in [0.15, 0.2) is 77.6 Å². The molecule has 0 radical (unpaired) electrons. The molecule has 0 fully saturated rings. The molecule has 4 aromatic rings. The summed E-state index contributed by atoms with van der Waals surface area (Å²) >= 11 is 0. The number of halogens is 3. The number of carbonyl (C=O) groups excluding carboxylic acids is 1. The van der Waals surface area contributed by atoms with Gasteiger partial charge in [-0.2, -0.15) is 13.2 Å². The van der Waals surface area contributed by atoms with Crippen LogP contribution in [0.3, 0.4) is 0 Å². The number of rotatable bonds is 3. The summed E-state index contributed by atoms with van der Waals surface area (Å²) in [6.45, 7) is -1.64. The van der Waals surface area contributed by atoms with Crippen LogP contribution in [-0.2, 0) is 4.74 Å². The number of alkyl halides is 3. The van der Waals surface area contributed by atoms with Crippen molar-refractivity contribution in [3.8, 4) is 4.90 Å². The molecular formula is C22H14F3O3S+. The van der Waals surface area contributed by atoms with Crippen LogP contribution in [0.1, 0.15) is 10.4 Å². The number of benzene rings is 3. The predicted molar refractivity (Wildman–Crippen MR) is 108 cm³/mol. The third-order valence-electron chi connectivity index (χ3n) is 4.38. The van der Waals surface area contributed by atoms with Gasteiger partial charge in [0, 0.05) is 16.5 Å². The molecule has 0 spiro atoms. The Balaban J connectivity index is 1.90. The number of hydrogen-bond acceptors (Lipinski definition) is 3. The van der Waals surface area contributed by atoms with Gasteiger partial charge in [-0.25, -0.2) is 4.79 Å². The van der Waals surface area contributed by atoms with E-state index < -0.39 is 29.2 Å². The van der Waals surface area contributed by atoms with Gasteiger partial charge in [0.1, 0.15) is 0 Å². The van der Waals surface area contributed by atoms with Crippen LogP contribution in [0, 0.1) is 0 Å². The van der Waals surface area contributed by atoms with Crippen molar-refractivity contribution in [1.82, 2.24) is 0 Å². The van der Waals surface area contributed by atoms with Gasteiger partial charge in [-0.3, -0.25) is 4.79 Å². The third kappa shape index (κ3) is 3.73. The molecule has 0 unspecified atom stereocenters. The van der Waals surface area contributed by atoms with Crippen molar-refractivity contribution in [3.63, 3.8) is 0 Å². The Labute approximate surface area is 165 Å². The van der Waals surface area contributed by atoms with Gasteiger partial charge < -0.3 is 4.74 Å². The van der Waals surface area contributed by atoms with Crippen LogP contribution in [0.5, 0.6) is 0 Å². The lowest BCUT2D eigenvalue weighted by Crippen LogP contribution is -2.20. The summed E-state index contributed by atoms with van der Waals surface area (Å²) in [6, 6.07) is 20.8. The van der Waals surface area contributed by atoms with Crippen molar-refractivity contribution >= 4 is 36.6 Å². The van der Waals surface area contributed by atoms with Gasteiger partial charge in [-0.05, 0) is 36.4 Å². The molecule has 0 aliphatic rings. The molecular weight excluding hydrogens is 401 g/mol. The Morgan fingerprint density at radius 2 is 1.45 bits per heavy atom. The van der Waals surface area contributed by atoms with E-state index in [4.69, 9.17) is 0 Å². The average Bonchev–Trinajstić information content (AvgIpc) is 2.72. The molecule has 0 bridgehead atoms. The van der Waals surface area contributed by atoms with E-state index in [0.717, 1.165) is 14.3 Å². The summed E-state index contributed by atoms with van der Waals surface area (Å²) in [6.07, 6.45) is -4.59. The molecule has 0 amide bonds. The van der Waals surface area contributed by atoms with E-state index in [-0.39, 0.29) is 11.0 Å². The summed E-state index contributed by atoms with van der Waals surface area (Å²) < 4.78 is 43.1. The minimum atomic E-state index is -4.59. The molecule has 7 heteroatoms. The molecule has 3 nitrogen and oxygen atoms in total. The van der Waals surface area contributed by atoms with Gasteiger partial charge in [0.15, 0.2) is 20.9 Å². The zero-order valence-corrected chi connectivity index (χ0v) is 15.7. The lowest BCUT2D eigenvalue weighted by atomic mass is 10.2. The van der Waals surface area contributed by atoms with Crippen molar-refractivity contribution in [1.29, 1.82) is 0 Å². The maximum atomic E-state index is 12.9. The molecule has 1 heterocycles. The standard InChI is InChI=1S/C22H14F3O3S/c23-22(24,25)13-28-21(27)14-6-5-7-15(12-14)29-18-10-3-1-8-16(18)20(26)17-9-2-4-11-19(17)29/h1-12H,13H2/q+1. The summed E-state index contributed by atoms with van der Waals surface area (Å²) in [7, 11) is -0.677. The van der Waals surface area contributed by atoms with Gasteiger partial charge >= 0.3 is 12.1 Å². The first-order valence-electron chi connectivity index (χ1n) is 8.66. The zero-order valence-electron chi connectivity index (χ0n) is 14.9. The fourth-order valence-electron chi connectivity index (χ4n) is 3.16. The highest BCUT2D eigenvalue weighted by atomic mass is 32.2. The number of ether oxygens (including phenoxy) is 1. The van der Waals surface area contributed by atoms with Crippen molar-refractivity contribution in [2.45, 2.75) is 6.18 Å². The lowest BCUT2D eigenvalue weighted by molar-refractivity contribution is -0.161. The molecule has 4 rings (SSSR count). The van der Waals surface area contributed by atoms with Crippen LogP contribution >= 0.6 is 10.5 Å². The summed E-state index contributed by atoms with van der Waals surface area (Å²) in [5.41, 5.74) is -0.0354. The third-order valence-corrected chi connectivity index (χ3v) is 6.69. The van der Waals surface area contributed by atoms with Gasteiger partial charge in [0.25, 0.3) is 0 Å². The second-order valence-electron chi connectivity index (χ2n) is 6.35. The second-order valence-corrected chi connectivity index (χ2v) is 8.31. The van der Waals surface area contributed by atoms with Crippen LogP contribution < -0.4 is 5.43 Å². The monoisotopic (exact) mass is 415 g/mol. The number of fused-ring (bicyclic) bond motifs is 2. The number of hydrogen-bond donors (Lipinski definition) is 0. The highest BCUT2D eigenvalue weighted by Gasteiger charge is 2.30. The Morgan fingerprint density at radius 1 is 0.862 bits per heavy atom. The van der Waals surface area contributed by atoms with Crippen LogP contribution in [0.25, 0.3) is 25.1 Å². The first-order chi connectivity index (χ1) is 13.8. The highest BCUT2D eigenvalue weighted by molar-refractivity contribution is 7.49. The largest absolute Gasteiger partial charge is 0.452 e. The van der Waals surface area contributed by atoms with Crippen LogP contribution in [0.2, 0.25) is 0 Å². The van der Waals surface area contributed by atoms with Crippen LogP contribution in [-0.4, -0.2) is 18.8 Å². The molecule has 0 atom stereocenters. The molecule has 146 valence electrons. The van der Waals surface area contributed by atoms with E-state index in [0.29, 0.717) is 10.8 Å². The maximum absolute atomic E-state index is 12.9. The second kappa shape index (κ2) is 7.33. The number of carbonyl (C=O) groups is 1. The SMILES string of the molecule is O=C(OCC(F)(F)F)c1cccc(-[s+]2c3ccccc3c(=O)c3ccccc32)c1. The Bertz CT molecular complexity index is 1230. The molecule has 0 aliphatic carbocycles. The Hall–Kier alpha value is -3.19. The smallest absolute Gasteiger partial charge is 0.422 e. The van der Waals surface area contributed by atoms with Crippen LogP contribution in [0.4, 0.5) is 13.2 Å². The summed E-state index contributed by atoms with van der Waals surface area (Å²) in [5, 5.41) is 1.17. The molecule has 0 aliphatic heterocycles. The number of esters is 1. The molecule has 0 N–H and O–H groups in total. The van der Waals surface area contributed by atoms with Crippen molar-refractivity contribution in [2.75, 3.05) is 6.61 Å². The first kappa shape index (κ1) is 19.1. The van der Waals surface area contributed by atoms with E-state index in [9.17, 15) is 22.8 Å². The van der Waals surface area contributed by atoms with E-state index in [2.05, 4.69) is 4.74 Å². The van der Waals surface area contributed by atoms with Gasteiger partial charge in [0.05, 0.1) is 16.3 Å². The minimum absolute atomic E-state index is 0.0334. The highest BCUT2D eigenvalue weighted by Crippen LogP contribution is 2.43. The molecule has 0 saturated heterocycles. The quantitative estimate of drug-likeness (QED) is 0.241. The maximum Gasteiger partial charge on any atom is 0.422 e. The first-order valence-corrected chi connectivity index (χ1v) is 9.88. The van der Waals surface area contributed by atoms with E-state index in [1.807, 2.05) is 24.3 Å². The summed E-state index contributed by atoms with van der Waals surface area (Å²) in [4.78, 5) is 25.7. The predicted octanol–water partition coefficient (Wildman–Crippen LogP) is 5.81. The molecule has 29 heavy (non-hydrogen) atoms. The van der Waals surface area contributed by atoms with Gasteiger partial charge in [-0.1, -0.05) is 30.3 Å². The lowest BCUT2D eigenvalue weighted by Gasteiger charge is -2.08. The summed E-state index contributed by atoms with van der Waals surface area (Å²) in [5.74, 6) is -1.04. The fourth-order valence-corrected chi connectivity index (χ4v) is 5.56. The Kier molecular flexibility index (Phi) is 4.84. The van der Waals surface area contributed by atoms with E-state index >= 15 is 0 Å².